The molecule has 0 saturated carbocycles. The Labute approximate surface area is 113 Å². The van der Waals surface area contributed by atoms with E-state index in [1.54, 1.807) is 23.1 Å². The maximum Gasteiger partial charge on any atom is 0.257 e. The maximum absolute atomic E-state index is 12.3. The van der Waals surface area contributed by atoms with E-state index in [9.17, 15) is 9.90 Å². The number of aryl methyl sites for hydroxylation is 1. The number of nitrogens with two attached hydrogens (primary N) is 1. The lowest BCUT2D eigenvalue weighted by molar-refractivity contribution is 0.0738. The van der Waals surface area contributed by atoms with Crippen LogP contribution in [0.5, 0.6) is 5.75 Å². The minimum atomic E-state index is -0.112. The van der Waals surface area contributed by atoms with Crippen LogP contribution in [0.2, 0.25) is 0 Å². The summed E-state index contributed by atoms with van der Waals surface area (Å²) in [4.78, 5) is 14.1. The van der Waals surface area contributed by atoms with E-state index in [-0.39, 0.29) is 30.1 Å². The fourth-order valence-corrected chi connectivity index (χ4v) is 2.32. The molecule has 1 aromatic rings. The highest BCUT2D eigenvalue weighted by Gasteiger charge is 2.29. The molecular weight excluding hydrogens is 252 g/mol. The van der Waals surface area contributed by atoms with E-state index in [1.165, 1.54) is 0 Å². The Morgan fingerprint density at radius 3 is 2.94 bits per heavy atom. The monoisotopic (exact) mass is 270 g/mol. The van der Waals surface area contributed by atoms with Gasteiger partial charge in [-0.3, -0.25) is 4.79 Å². The Morgan fingerprint density at radius 2 is 2.28 bits per heavy atom. The van der Waals surface area contributed by atoms with Crippen molar-refractivity contribution in [2.24, 2.45) is 5.73 Å². The van der Waals surface area contributed by atoms with Gasteiger partial charge in [0, 0.05) is 19.1 Å². The topological polar surface area (TPSA) is 66.6 Å². The fraction of sp³-hybridized carbons (Fsp3) is 0.462. The molecule has 1 atom stereocenters. The number of halogens is 1. The summed E-state index contributed by atoms with van der Waals surface area (Å²) in [6.45, 7) is 3.12. The molecule has 0 bridgehead atoms. The van der Waals surface area contributed by atoms with Crippen LogP contribution in [0.1, 0.15) is 28.8 Å². The molecule has 0 radical (unpaired) electrons. The molecule has 0 aliphatic carbocycles. The highest BCUT2D eigenvalue weighted by molar-refractivity contribution is 5.97. The van der Waals surface area contributed by atoms with Crippen LogP contribution in [-0.4, -0.2) is 35.0 Å². The lowest BCUT2D eigenvalue weighted by Crippen LogP contribution is -2.39. The number of benzene rings is 1. The number of phenols is 1. The second-order valence-electron chi connectivity index (χ2n) is 4.55. The molecule has 0 aromatic heterocycles. The Bertz CT molecular complexity index is 437. The molecule has 1 unspecified atom stereocenters. The first-order valence-electron chi connectivity index (χ1n) is 5.94. The van der Waals surface area contributed by atoms with Gasteiger partial charge in [-0.1, -0.05) is 11.6 Å². The number of likely N-dealkylation sites (tertiary alicyclic amines) is 1. The van der Waals surface area contributed by atoms with Crippen LogP contribution in [0.25, 0.3) is 0 Å². The van der Waals surface area contributed by atoms with Crippen molar-refractivity contribution in [3.63, 3.8) is 0 Å². The zero-order valence-electron chi connectivity index (χ0n) is 10.4. The molecule has 1 aliphatic heterocycles. The molecule has 1 saturated heterocycles. The number of nitrogens with zero attached hydrogens (tertiary/aromatic N) is 1. The summed E-state index contributed by atoms with van der Waals surface area (Å²) in [6.07, 6.45) is 1.94. The summed E-state index contributed by atoms with van der Waals surface area (Å²) in [5.41, 5.74) is 7.00. The molecule has 1 aliphatic rings. The minimum absolute atomic E-state index is 0. The highest BCUT2D eigenvalue weighted by Crippen LogP contribution is 2.24. The third-order valence-electron chi connectivity index (χ3n) is 3.29. The summed E-state index contributed by atoms with van der Waals surface area (Å²) < 4.78 is 0. The van der Waals surface area contributed by atoms with Gasteiger partial charge in [-0.05, 0) is 31.9 Å². The smallest absolute Gasteiger partial charge is 0.257 e. The second kappa shape index (κ2) is 6.07. The molecule has 1 fully saturated rings. The lowest BCUT2D eigenvalue weighted by Gasteiger charge is -2.24. The minimum Gasteiger partial charge on any atom is -0.507 e. The Balaban J connectivity index is 0.00000162. The predicted molar refractivity (Wildman–Crippen MR) is 73.2 cm³/mol. The van der Waals surface area contributed by atoms with Crippen LogP contribution in [0.3, 0.4) is 0 Å². The average Bonchev–Trinajstić information content (AvgIpc) is 2.79. The summed E-state index contributed by atoms with van der Waals surface area (Å²) in [5.74, 6) is -0.0672. The van der Waals surface area contributed by atoms with Crippen molar-refractivity contribution in [3.8, 4) is 5.75 Å². The van der Waals surface area contributed by atoms with Crippen LogP contribution in [0.15, 0.2) is 18.2 Å². The first-order chi connectivity index (χ1) is 8.13. The predicted octanol–water partition coefficient (Wildman–Crippen LogP) is 1.69. The Kier molecular flexibility index (Phi) is 4.99. The van der Waals surface area contributed by atoms with Gasteiger partial charge in [0.15, 0.2) is 0 Å². The largest absolute Gasteiger partial charge is 0.507 e. The fourth-order valence-electron chi connectivity index (χ4n) is 2.32. The van der Waals surface area contributed by atoms with Gasteiger partial charge in [0.1, 0.15) is 5.75 Å². The zero-order chi connectivity index (χ0) is 12.4. The SMILES string of the molecule is Cc1ccc(O)c(C(=O)N2CCCC2CN)c1.Cl. The summed E-state index contributed by atoms with van der Waals surface area (Å²) in [6, 6.07) is 5.19. The molecule has 1 aromatic carbocycles. The number of carbonyl (C=O) groups is 1. The lowest BCUT2D eigenvalue weighted by atomic mass is 10.1. The van der Waals surface area contributed by atoms with Crippen molar-refractivity contribution in [3.05, 3.63) is 29.3 Å². The van der Waals surface area contributed by atoms with Gasteiger partial charge in [0.2, 0.25) is 0 Å². The van der Waals surface area contributed by atoms with Gasteiger partial charge in [-0.25, -0.2) is 0 Å². The van der Waals surface area contributed by atoms with E-state index < -0.39 is 0 Å². The van der Waals surface area contributed by atoms with Gasteiger partial charge >= 0.3 is 0 Å². The summed E-state index contributed by atoms with van der Waals surface area (Å²) >= 11 is 0. The second-order valence-corrected chi connectivity index (χ2v) is 4.55. The third kappa shape index (κ3) is 2.76. The first-order valence-corrected chi connectivity index (χ1v) is 5.94. The summed E-state index contributed by atoms with van der Waals surface area (Å²) in [5, 5.41) is 9.75. The van der Waals surface area contributed by atoms with Gasteiger partial charge in [-0.2, -0.15) is 0 Å². The summed E-state index contributed by atoms with van der Waals surface area (Å²) in [7, 11) is 0. The standard InChI is InChI=1S/C13H18N2O2.ClH/c1-9-4-5-12(16)11(7-9)13(17)15-6-2-3-10(15)8-14;/h4-5,7,10,16H,2-3,6,8,14H2,1H3;1H. The average molecular weight is 271 g/mol. The number of rotatable bonds is 2. The van der Waals surface area contributed by atoms with Crippen molar-refractivity contribution in [1.82, 2.24) is 4.90 Å². The van der Waals surface area contributed by atoms with Crippen molar-refractivity contribution in [1.29, 1.82) is 0 Å². The van der Waals surface area contributed by atoms with E-state index >= 15 is 0 Å². The van der Waals surface area contributed by atoms with Crippen LogP contribution < -0.4 is 5.73 Å². The van der Waals surface area contributed by atoms with E-state index in [1.807, 2.05) is 6.92 Å². The number of hydrogen-bond donors (Lipinski definition) is 2. The van der Waals surface area contributed by atoms with E-state index in [0.717, 1.165) is 24.9 Å². The molecule has 4 nitrogen and oxygen atoms in total. The number of carbonyl (C=O) groups excluding carboxylic acids is 1. The Morgan fingerprint density at radius 1 is 1.56 bits per heavy atom. The molecular formula is C13H19ClN2O2. The zero-order valence-corrected chi connectivity index (χ0v) is 11.2. The molecule has 100 valence electrons. The van der Waals surface area contributed by atoms with Crippen molar-refractivity contribution in [2.45, 2.75) is 25.8 Å². The molecule has 1 heterocycles. The van der Waals surface area contributed by atoms with Crippen LogP contribution >= 0.6 is 12.4 Å². The van der Waals surface area contributed by atoms with Crippen molar-refractivity contribution in [2.75, 3.05) is 13.1 Å². The van der Waals surface area contributed by atoms with Crippen LogP contribution in [0, 0.1) is 6.92 Å². The molecule has 2 rings (SSSR count). The maximum atomic E-state index is 12.3. The molecule has 0 spiro atoms. The van der Waals surface area contributed by atoms with E-state index in [4.69, 9.17) is 5.73 Å². The molecule has 3 N–H and O–H groups in total. The normalized spacial score (nSPS) is 18.6. The first kappa shape index (κ1) is 14.8. The molecule has 1 amide bonds. The molecule has 5 heteroatoms. The quantitative estimate of drug-likeness (QED) is 0.859. The van der Waals surface area contributed by atoms with Gasteiger partial charge in [0.05, 0.1) is 5.56 Å². The van der Waals surface area contributed by atoms with Gasteiger partial charge < -0.3 is 15.7 Å². The van der Waals surface area contributed by atoms with Crippen molar-refractivity contribution >= 4 is 18.3 Å². The Hall–Kier alpha value is -1.26. The number of aromatic hydroxyl groups is 1. The highest BCUT2D eigenvalue weighted by atomic mass is 35.5. The number of phenolic OH excluding ortho intramolecular Hbond substituents is 1. The van der Waals surface area contributed by atoms with E-state index in [0.29, 0.717) is 12.1 Å². The van der Waals surface area contributed by atoms with E-state index in [2.05, 4.69) is 0 Å². The van der Waals surface area contributed by atoms with Crippen LogP contribution in [0.4, 0.5) is 0 Å². The van der Waals surface area contributed by atoms with Gasteiger partial charge in [0.25, 0.3) is 5.91 Å². The third-order valence-corrected chi connectivity index (χ3v) is 3.29. The van der Waals surface area contributed by atoms with Gasteiger partial charge in [-0.15, -0.1) is 12.4 Å². The number of amides is 1. The van der Waals surface area contributed by atoms with Crippen LogP contribution in [-0.2, 0) is 0 Å². The molecule has 18 heavy (non-hydrogen) atoms. The van der Waals surface area contributed by atoms with Crippen molar-refractivity contribution < 1.29 is 9.90 Å². The number of hydrogen-bond acceptors (Lipinski definition) is 3.